The molecule has 3 unspecified atom stereocenters. The van der Waals surface area contributed by atoms with E-state index in [2.05, 4.69) is 13.8 Å². The molecule has 3 atom stereocenters. The molecule has 0 aromatic rings. The number of Topliss-reactive ketones (excluding diaryl/α,β-unsaturated/α-hetero) is 1. The van der Waals surface area contributed by atoms with Gasteiger partial charge >= 0.3 is 0 Å². The molecule has 0 aliphatic heterocycles. The fraction of sp³-hybridized carbons (Fsp3) is 0.929. The first kappa shape index (κ1) is 13.7. The molecule has 94 valence electrons. The number of nitrogens with two attached hydrogens (primary N) is 1. The van der Waals surface area contributed by atoms with Crippen molar-refractivity contribution in [1.82, 2.24) is 0 Å². The lowest BCUT2D eigenvalue weighted by Crippen LogP contribution is -2.40. The lowest BCUT2D eigenvalue weighted by atomic mass is 9.70. The number of carbonyl (C=O) groups excluding carboxylic acids is 1. The standard InChI is InChI=1S/C14H27NO/c1-4-11-7-6-8-12(9-11)13(16)14(3,5-2)10-15/h11-12H,4-10,15H2,1-3H3. The van der Waals surface area contributed by atoms with Gasteiger partial charge in [-0.15, -0.1) is 0 Å². The molecule has 2 heteroatoms. The molecule has 2 nitrogen and oxygen atoms in total. The zero-order valence-corrected chi connectivity index (χ0v) is 11.1. The van der Waals surface area contributed by atoms with Crippen LogP contribution in [0.15, 0.2) is 0 Å². The summed E-state index contributed by atoms with van der Waals surface area (Å²) in [5.74, 6) is 1.48. The van der Waals surface area contributed by atoms with Crippen molar-refractivity contribution in [3.63, 3.8) is 0 Å². The first-order valence-corrected chi connectivity index (χ1v) is 6.81. The molecule has 2 N–H and O–H groups in total. The Balaban J connectivity index is 2.65. The van der Waals surface area contributed by atoms with Crippen molar-refractivity contribution in [3.8, 4) is 0 Å². The molecule has 1 rings (SSSR count). The van der Waals surface area contributed by atoms with Gasteiger partial charge in [0.15, 0.2) is 0 Å². The van der Waals surface area contributed by atoms with Crippen LogP contribution in [-0.2, 0) is 4.79 Å². The van der Waals surface area contributed by atoms with Crippen molar-refractivity contribution in [3.05, 3.63) is 0 Å². The van der Waals surface area contributed by atoms with Crippen molar-refractivity contribution in [1.29, 1.82) is 0 Å². The molecule has 0 radical (unpaired) electrons. The molecular formula is C14H27NO. The number of rotatable bonds is 5. The van der Waals surface area contributed by atoms with Gasteiger partial charge in [-0.25, -0.2) is 0 Å². The Bertz CT molecular complexity index is 233. The first-order chi connectivity index (χ1) is 7.57. The van der Waals surface area contributed by atoms with Crippen LogP contribution >= 0.6 is 0 Å². The van der Waals surface area contributed by atoms with Crippen molar-refractivity contribution >= 4 is 5.78 Å². The Hall–Kier alpha value is -0.370. The van der Waals surface area contributed by atoms with Crippen molar-refractivity contribution in [2.24, 2.45) is 23.0 Å². The van der Waals surface area contributed by atoms with Crippen LogP contribution in [0, 0.1) is 17.3 Å². The summed E-state index contributed by atoms with van der Waals surface area (Å²) >= 11 is 0. The Morgan fingerprint density at radius 3 is 2.56 bits per heavy atom. The van der Waals surface area contributed by atoms with Gasteiger partial charge in [-0.2, -0.15) is 0 Å². The summed E-state index contributed by atoms with van der Waals surface area (Å²) in [7, 11) is 0. The van der Waals surface area contributed by atoms with E-state index in [4.69, 9.17) is 5.73 Å². The number of carbonyl (C=O) groups is 1. The molecule has 0 aromatic heterocycles. The highest BCUT2D eigenvalue weighted by molar-refractivity contribution is 5.87. The van der Waals surface area contributed by atoms with Gasteiger partial charge in [0.05, 0.1) is 0 Å². The lowest BCUT2D eigenvalue weighted by Gasteiger charge is -2.34. The topological polar surface area (TPSA) is 43.1 Å². The quantitative estimate of drug-likeness (QED) is 0.781. The molecule has 0 amide bonds. The van der Waals surface area contributed by atoms with Gasteiger partial charge in [0.2, 0.25) is 0 Å². The Morgan fingerprint density at radius 2 is 2.06 bits per heavy atom. The van der Waals surface area contributed by atoms with E-state index in [1.165, 1.54) is 19.3 Å². The minimum Gasteiger partial charge on any atom is -0.329 e. The Kier molecular flexibility index (Phi) is 4.97. The maximum absolute atomic E-state index is 12.5. The van der Waals surface area contributed by atoms with Gasteiger partial charge < -0.3 is 5.73 Å². The predicted octanol–water partition coefficient (Wildman–Crippen LogP) is 3.15. The van der Waals surface area contributed by atoms with Crippen molar-refractivity contribution in [2.75, 3.05) is 6.54 Å². The van der Waals surface area contributed by atoms with Gasteiger partial charge in [0, 0.05) is 17.9 Å². The van der Waals surface area contributed by atoms with Crippen LogP contribution in [0.2, 0.25) is 0 Å². The van der Waals surface area contributed by atoms with E-state index < -0.39 is 0 Å². The average molecular weight is 225 g/mol. The average Bonchev–Trinajstić information content (AvgIpc) is 2.37. The van der Waals surface area contributed by atoms with E-state index >= 15 is 0 Å². The Morgan fingerprint density at radius 1 is 1.38 bits per heavy atom. The van der Waals surface area contributed by atoms with E-state index in [1.54, 1.807) is 0 Å². The summed E-state index contributed by atoms with van der Waals surface area (Å²) in [5.41, 5.74) is 5.49. The molecule has 0 bridgehead atoms. The minimum atomic E-state index is -0.277. The molecule has 1 aliphatic carbocycles. The predicted molar refractivity (Wildman–Crippen MR) is 68.2 cm³/mol. The Labute approximate surface area is 100.0 Å². The van der Waals surface area contributed by atoms with Crippen LogP contribution in [0.4, 0.5) is 0 Å². The zero-order chi connectivity index (χ0) is 12.2. The number of ketones is 1. The van der Waals surface area contributed by atoms with Crippen molar-refractivity contribution in [2.45, 2.75) is 59.3 Å². The second-order valence-corrected chi connectivity index (χ2v) is 5.62. The van der Waals surface area contributed by atoms with E-state index in [-0.39, 0.29) is 11.3 Å². The molecular weight excluding hydrogens is 198 g/mol. The van der Waals surface area contributed by atoms with E-state index in [0.717, 1.165) is 25.2 Å². The van der Waals surface area contributed by atoms with E-state index in [9.17, 15) is 4.79 Å². The molecule has 0 saturated heterocycles. The van der Waals surface area contributed by atoms with Gasteiger partial charge in [0.1, 0.15) is 5.78 Å². The van der Waals surface area contributed by atoms with Crippen LogP contribution in [0.5, 0.6) is 0 Å². The van der Waals surface area contributed by atoms with Gasteiger partial charge in [-0.05, 0) is 25.2 Å². The fourth-order valence-electron chi connectivity index (χ4n) is 2.81. The van der Waals surface area contributed by atoms with Gasteiger partial charge in [0.25, 0.3) is 0 Å². The van der Waals surface area contributed by atoms with Crippen molar-refractivity contribution < 1.29 is 4.79 Å². The van der Waals surface area contributed by atoms with Crippen LogP contribution in [0.3, 0.4) is 0 Å². The van der Waals surface area contributed by atoms with E-state index in [1.807, 2.05) is 6.92 Å². The van der Waals surface area contributed by atoms with Gasteiger partial charge in [-0.3, -0.25) is 4.79 Å². The smallest absolute Gasteiger partial charge is 0.143 e. The highest BCUT2D eigenvalue weighted by Crippen LogP contribution is 2.36. The normalized spacial score (nSPS) is 29.8. The van der Waals surface area contributed by atoms with Gasteiger partial charge in [-0.1, -0.05) is 40.0 Å². The maximum atomic E-state index is 12.5. The summed E-state index contributed by atoms with van der Waals surface area (Å²) < 4.78 is 0. The van der Waals surface area contributed by atoms with Crippen LogP contribution in [-0.4, -0.2) is 12.3 Å². The number of hydrogen-bond donors (Lipinski definition) is 1. The zero-order valence-electron chi connectivity index (χ0n) is 11.1. The third kappa shape index (κ3) is 2.85. The van der Waals surface area contributed by atoms with Crippen LogP contribution in [0.25, 0.3) is 0 Å². The SMILES string of the molecule is CCC1CCCC(C(=O)C(C)(CC)CN)C1. The molecule has 1 fully saturated rings. The summed E-state index contributed by atoms with van der Waals surface area (Å²) in [5, 5.41) is 0. The molecule has 1 aliphatic rings. The summed E-state index contributed by atoms with van der Waals surface area (Å²) in [6.07, 6.45) is 6.81. The van der Waals surface area contributed by atoms with Crippen LogP contribution in [0.1, 0.15) is 59.3 Å². The molecule has 0 spiro atoms. The van der Waals surface area contributed by atoms with Crippen LogP contribution < -0.4 is 5.73 Å². The second kappa shape index (κ2) is 5.81. The summed E-state index contributed by atoms with van der Waals surface area (Å²) in [4.78, 5) is 12.5. The third-order valence-corrected chi connectivity index (χ3v) is 4.56. The van der Waals surface area contributed by atoms with E-state index in [0.29, 0.717) is 12.3 Å². The summed E-state index contributed by atoms with van der Waals surface area (Å²) in [6.45, 7) is 6.84. The second-order valence-electron chi connectivity index (χ2n) is 5.62. The fourth-order valence-corrected chi connectivity index (χ4v) is 2.81. The highest BCUT2D eigenvalue weighted by Gasteiger charge is 2.37. The molecule has 0 aromatic carbocycles. The molecule has 0 heterocycles. The third-order valence-electron chi connectivity index (χ3n) is 4.56. The lowest BCUT2D eigenvalue weighted by molar-refractivity contribution is -0.133. The summed E-state index contributed by atoms with van der Waals surface area (Å²) in [6, 6.07) is 0. The first-order valence-electron chi connectivity index (χ1n) is 6.81. The molecule has 1 saturated carbocycles. The maximum Gasteiger partial charge on any atom is 0.143 e. The highest BCUT2D eigenvalue weighted by atomic mass is 16.1. The largest absolute Gasteiger partial charge is 0.329 e. The minimum absolute atomic E-state index is 0.277. The molecule has 16 heavy (non-hydrogen) atoms. The number of hydrogen-bond acceptors (Lipinski definition) is 2. The monoisotopic (exact) mass is 225 g/mol.